The fourth-order valence-electron chi connectivity index (χ4n) is 2.12. The zero-order valence-electron chi connectivity index (χ0n) is 14.2. The van der Waals surface area contributed by atoms with Gasteiger partial charge in [-0.15, -0.1) is 0 Å². The fourth-order valence-corrected chi connectivity index (χ4v) is 2.12. The van der Waals surface area contributed by atoms with Gasteiger partial charge >= 0.3 is 6.09 Å². The van der Waals surface area contributed by atoms with Crippen molar-refractivity contribution in [3.05, 3.63) is 35.4 Å². The second-order valence-corrected chi connectivity index (χ2v) is 6.53. The predicted octanol–water partition coefficient (Wildman–Crippen LogP) is 3.75. The van der Waals surface area contributed by atoms with Crippen LogP contribution < -0.4 is 10.6 Å². The summed E-state index contributed by atoms with van der Waals surface area (Å²) in [4.78, 5) is 11.7. The van der Waals surface area contributed by atoms with Crippen molar-refractivity contribution in [3.8, 4) is 0 Å². The molecule has 1 rings (SSSR count). The van der Waals surface area contributed by atoms with Crippen LogP contribution in [0.1, 0.15) is 46.1 Å². The lowest BCUT2D eigenvalue weighted by atomic mass is 10.1. The van der Waals surface area contributed by atoms with E-state index in [4.69, 9.17) is 4.74 Å². The molecule has 6 heteroatoms. The van der Waals surface area contributed by atoms with Crippen LogP contribution in [-0.4, -0.2) is 24.3 Å². The van der Waals surface area contributed by atoms with E-state index in [1.54, 1.807) is 20.8 Å². The van der Waals surface area contributed by atoms with Crippen LogP contribution >= 0.6 is 0 Å². The largest absolute Gasteiger partial charge is 0.444 e. The molecule has 0 radical (unpaired) electrons. The molecule has 0 aromatic heterocycles. The maximum atomic E-state index is 13.2. The average molecular weight is 328 g/mol. The summed E-state index contributed by atoms with van der Waals surface area (Å²) in [6, 6.07) is 3.43. The molecule has 0 aliphatic carbocycles. The Morgan fingerprint density at radius 1 is 1.22 bits per heavy atom. The molecule has 0 spiro atoms. The van der Waals surface area contributed by atoms with Gasteiger partial charge < -0.3 is 15.4 Å². The van der Waals surface area contributed by atoms with E-state index >= 15 is 0 Å². The zero-order chi connectivity index (χ0) is 17.5. The quantitative estimate of drug-likeness (QED) is 0.801. The second-order valence-electron chi connectivity index (χ2n) is 6.53. The molecule has 4 nitrogen and oxygen atoms in total. The number of amides is 1. The Bertz CT molecular complexity index is 496. The molecule has 1 atom stereocenters. The second kappa shape index (κ2) is 8.82. The Hall–Kier alpha value is -1.69. The molecule has 1 aromatic carbocycles. The topological polar surface area (TPSA) is 50.4 Å². The van der Waals surface area contributed by atoms with Crippen molar-refractivity contribution in [1.82, 2.24) is 10.6 Å². The number of benzene rings is 1. The van der Waals surface area contributed by atoms with E-state index in [0.717, 1.165) is 18.9 Å². The maximum absolute atomic E-state index is 13.2. The molecular formula is C17H26F2N2O2. The van der Waals surface area contributed by atoms with Crippen molar-refractivity contribution in [2.45, 2.75) is 58.7 Å². The number of alkyl carbamates (subject to hydrolysis) is 1. The van der Waals surface area contributed by atoms with Crippen molar-refractivity contribution in [3.63, 3.8) is 0 Å². The lowest BCUT2D eigenvalue weighted by molar-refractivity contribution is 0.0521. The molecule has 0 bridgehead atoms. The molecule has 1 amide bonds. The standard InChI is InChI=1S/C17H26F2N2O2/c1-5-6-15(11-21-16(22)23-17(2,3)4)20-10-12-7-13(18)9-14(19)8-12/h7-9,15,20H,5-6,10-11H2,1-4H3,(H,21,22). The SMILES string of the molecule is CCCC(CNC(=O)OC(C)(C)C)NCc1cc(F)cc(F)c1. The summed E-state index contributed by atoms with van der Waals surface area (Å²) >= 11 is 0. The van der Waals surface area contributed by atoms with Gasteiger partial charge in [0.25, 0.3) is 0 Å². The third kappa shape index (κ3) is 8.50. The molecule has 0 aliphatic rings. The summed E-state index contributed by atoms with van der Waals surface area (Å²) in [5, 5.41) is 5.92. The van der Waals surface area contributed by atoms with Crippen LogP contribution in [0.5, 0.6) is 0 Å². The number of hydrogen-bond donors (Lipinski definition) is 2. The summed E-state index contributed by atoms with van der Waals surface area (Å²) in [5.74, 6) is -1.19. The van der Waals surface area contributed by atoms with Crippen molar-refractivity contribution in [2.24, 2.45) is 0 Å². The van der Waals surface area contributed by atoms with Gasteiger partial charge in [-0.25, -0.2) is 13.6 Å². The molecule has 0 saturated heterocycles. The molecule has 130 valence electrons. The van der Waals surface area contributed by atoms with Gasteiger partial charge in [-0.1, -0.05) is 13.3 Å². The lowest BCUT2D eigenvalue weighted by Crippen LogP contribution is -2.42. The van der Waals surface area contributed by atoms with E-state index in [-0.39, 0.29) is 6.04 Å². The minimum absolute atomic E-state index is 0.00107. The molecule has 0 fully saturated rings. The van der Waals surface area contributed by atoms with Gasteiger partial charge in [-0.2, -0.15) is 0 Å². The van der Waals surface area contributed by atoms with Gasteiger partial charge in [-0.05, 0) is 44.9 Å². The minimum atomic E-state index is -0.597. The Morgan fingerprint density at radius 3 is 2.35 bits per heavy atom. The number of rotatable bonds is 7. The number of nitrogens with one attached hydrogen (secondary N) is 2. The van der Waals surface area contributed by atoms with E-state index in [0.29, 0.717) is 18.7 Å². The third-order valence-corrected chi connectivity index (χ3v) is 3.05. The van der Waals surface area contributed by atoms with Crippen LogP contribution in [-0.2, 0) is 11.3 Å². The predicted molar refractivity (Wildman–Crippen MR) is 86.1 cm³/mol. The maximum Gasteiger partial charge on any atom is 0.407 e. The van der Waals surface area contributed by atoms with E-state index in [1.807, 2.05) is 6.92 Å². The highest BCUT2D eigenvalue weighted by molar-refractivity contribution is 5.67. The molecule has 2 N–H and O–H groups in total. The highest BCUT2D eigenvalue weighted by atomic mass is 19.1. The number of halogens is 2. The Labute approximate surface area is 136 Å². The molecule has 0 aliphatic heterocycles. The van der Waals surface area contributed by atoms with Crippen LogP contribution in [0.25, 0.3) is 0 Å². The summed E-state index contributed by atoms with van der Waals surface area (Å²) in [5.41, 5.74) is -0.0162. The van der Waals surface area contributed by atoms with E-state index in [9.17, 15) is 13.6 Å². The Morgan fingerprint density at radius 2 is 1.83 bits per heavy atom. The molecule has 0 heterocycles. The number of carbonyl (C=O) groups is 1. The minimum Gasteiger partial charge on any atom is -0.444 e. The molecule has 0 saturated carbocycles. The summed E-state index contributed by atoms with van der Waals surface area (Å²) < 4.78 is 31.5. The number of carbonyl (C=O) groups excluding carboxylic acids is 1. The van der Waals surface area contributed by atoms with Crippen LogP contribution in [0.4, 0.5) is 13.6 Å². The van der Waals surface area contributed by atoms with Crippen LogP contribution in [0.3, 0.4) is 0 Å². The lowest BCUT2D eigenvalue weighted by Gasteiger charge is -2.22. The van der Waals surface area contributed by atoms with Crippen molar-refractivity contribution in [1.29, 1.82) is 0 Å². The first kappa shape index (κ1) is 19.4. The highest BCUT2D eigenvalue weighted by Crippen LogP contribution is 2.09. The first-order valence-electron chi connectivity index (χ1n) is 7.85. The van der Waals surface area contributed by atoms with Crippen LogP contribution in [0.15, 0.2) is 18.2 Å². The number of ether oxygens (including phenoxy) is 1. The van der Waals surface area contributed by atoms with Gasteiger partial charge in [0, 0.05) is 25.2 Å². The van der Waals surface area contributed by atoms with Gasteiger partial charge in [-0.3, -0.25) is 0 Å². The van der Waals surface area contributed by atoms with Gasteiger partial charge in [0.05, 0.1) is 0 Å². The Kier molecular flexibility index (Phi) is 7.42. The smallest absolute Gasteiger partial charge is 0.407 e. The summed E-state index contributed by atoms with van der Waals surface area (Å²) in [6.45, 7) is 8.15. The van der Waals surface area contributed by atoms with Crippen LogP contribution in [0.2, 0.25) is 0 Å². The van der Waals surface area contributed by atoms with Crippen molar-refractivity contribution in [2.75, 3.05) is 6.54 Å². The number of hydrogen-bond acceptors (Lipinski definition) is 3. The third-order valence-electron chi connectivity index (χ3n) is 3.05. The monoisotopic (exact) mass is 328 g/mol. The fraction of sp³-hybridized carbons (Fsp3) is 0.588. The van der Waals surface area contributed by atoms with E-state index in [1.165, 1.54) is 12.1 Å². The molecule has 1 unspecified atom stereocenters. The van der Waals surface area contributed by atoms with E-state index in [2.05, 4.69) is 10.6 Å². The molecule has 1 aromatic rings. The zero-order valence-corrected chi connectivity index (χ0v) is 14.2. The molecule has 23 heavy (non-hydrogen) atoms. The average Bonchev–Trinajstić information content (AvgIpc) is 2.39. The first-order chi connectivity index (χ1) is 10.7. The summed E-state index contributed by atoms with van der Waals surface area (Å²) in [7, 11) is 0. The van der Waals surface area contributed by atoms with Crippen molar-refractivity contribution < 1.29 is 18.3 Å². The van der Waals surface area contributed by atoms with Crippen LogP contribution in [0, 0.1) is 11.6 Å². The normalized spacial score (nSPS) is 12.8. The highest BCUT2D eigenvalue weighted by Gasteiger charge is 2.17. The van der Waals surface area contributed by atoms with E-state index < -0.39 is 23.3 Å². The first-order valence-corrected chi connectivity index (χ1v) is 7.85. The van der Waals surface area contributed by atoms with Crippen molar-refractivity contribution >= 4 is 6.09 Å². The summed E-state index contributed by atoms with van der Waals surface area (Å²) in [6.07, 6.45) is 1.27. The molecular weight excluding hydrogens is 302 g/mol. The van der Waals surface area contributed by atoms with Gasteiger partial charge in [0.15, 0.2) is 0 Å². The van der Waals surface area contributed by atoms with Gasteiger partial charge in [0.2, 0.25) is 0 Å². The van der Waals surface area contributed by atoms with Gasteiger partial charge in [0.1, 0.15) is 17.2 Å². The Balaban J connectivity index is 2.50.